The van der Waals surface area contributed by atoms with Crippen molar-refractivity contribution < 1.29 is 9.13 Å². The third-order valence-corrected chi connectivity index (χ3v) is 5.53. The largest absolute Gasteiger partial charge is 0.490 e. The second kappa shape index (κ2) is 4.77. The number of benzene rings is 1. The highest BCUT2D eigenvalue weighted by Crippen LogP contribution is 2.50. The minimum atomic E-state index is -0.433. The van der Waals surface area contributed by atoms with Gasteiger partial charge in [-0.05, 0) is 25.0 Å². The highest BCUT2D eigenvalue weighted by atomic mass is 79.9. The molecule has 0 aliphatic heterocycles. The third-order valence-electron chi connectivity index (χ3n) is 3.80. The molecule has 3 atom stereocenters. The first-order chi connectivity index (χ1) is 7.97. The van der Waals surface area contributed by atoms with Gasteiger partial charge >= 0.3 is 0 Å². The van der Waals surface area contributed by atoms with Crippen LogP contribution in [0.2, 0.25) is 5.02 Å². The summed E-state index contributed by atoms with van der Waals surface area (Å²) in [4.78, 5) is 0.474. The SMILES string of the molecule is CCC1(C)C(Br)CC1Oc1ccc(Cl)c(F)c1. The van der Waals surface area contributed by atoms with Crippen molar-refractivity contribution in [2.45, 2.75) is 37.6 Å². The zero-order valence-electron chi connectivity index (χ0n) is 9.84. The Morgan fingerprint density at radius 3 is 2.82 bits per heavy atom. The van der Waals surface area contributed by atoms with Crippen LogP contribution in [-0.2, 0) is 0 Å². The van der Waals surface area contributed by atoms with Crippen molar-refractivity contribution in [3.63, 3.8) is 0 Å². The Morgan fingerprint density at radius 1 is 1.59 bits per heavy atom. The first-order valence-corrected chi connectivity index (χ1v) is 7.02. The van der Waals surface area contributed by atoms with Crippen molar-refractivity contribution in [3.05, 3.63) is 29.0 Å². The minimum Gasteiger partial charge on any atom is -0.490 e. The molecule has 17 heavy (non-hydrogen) atoms. The van der Waals surface area contributed by atoms with Gasteiger partial charge in [0, 0.05) is 16.3 Å². The minimum absolute atomic E-state index is 0.121. The van der Waals surface area contributed by atoms with E-state index in [1.807, 2.05) is 0 Å². The molecule has 0 heterocycles. The number of ether oxygens (including phenoxy) is 1. The van der Waals surface area contributed by atoms with Gasteiger partial charge in [0.15, 0.2) is 0 Å². The van der Waals surface area contributed by atoms with E-state index >= 15 is 0 Å². The van der Waals surface area contributed by atoms with Gasteiger partial charge < -0.3 is 4.74 Å². The summed E-state index contributed by atoms with van der Waals surface area (Å²) < 4.78 is 19.1. The highest BCUT2D eigenvalue weighted by Gasteiger charge is 2.50. The van der Waals surface area contributed by atoms with E-state index < -0.39 is 5.82 Å². The topological polar surface area (TPSA) is 9.23 Å². The van der Waals surface area contributed by atoms with E-state index in [1.54, 1.807) is 6.07 Å². The fourth-order valence-electron chi connectivity index (χ4n) is 2.11. The van der Waals surface area contributed by atoms with Crippen LogP contribution in [0, 0.1) is 11.2 Å². The van der Waals surface area contributed by atoms with E-state index in [1.165, 1.54) is 12.1 Å². The van der Waals surface area contributed by atoms with E-state index in [0.717, 1.165) is 12.8 Å². The van der Waals surface area contributed by atoms with Crippen molar-refractivity contribution in [1.82, 2.24) is 0 Å². The lowest BCUT2D eigenvalue weighted by Crippen LogP contribution is -2.54. The lowest BCUT2D eigenvalue weighted by atomic mass is 9.65. The second-order valence-corrected chi connectivity index (χ2v) is 6.26. The molecule has 94 valence electrons. The van der Waals surface area contributed by atoms with Gasteiger partial charge in [-0.3, -0.25) is 0 Å². The molecule has 1 fully saturated rings. The molecular weight excluding hydrogens is 306 g/mol. The monoisotopic (exact) mass is 320 g/mol. The molecule has 0 saturated heterocycles. The molecule has 0 spiro atoms. The second-order valence-electron chi connectivity index (χ2n) is 4.75. The molecule has 0 aromatic heterocycles. The summed E-state index contributed by atoms with van der Waals surface area (Å²) in [5.41, 5.74) is 0.121. The highest BCUT2D eigenvalue weighted by molar-refractivity contribution is 9.09. The average molecular weight is 322 g/mol. The molecule has 0 bridgehead atoms. The van der Waals surface area contributed by atoms with Gasteiger partial charge in [-0.1, -0.05) is 41.4 Å². The summed E-state index contributed by atoms with van der Waals surface area (Å²) in [5.74, 6) is 0.119. The summed E-state index contributed by atoms with van der Waals surface area (Å²) >= 11 is 9.28. The van der Waals surface area contributed by atoms with Gasteiger partial charge in [0.05, 0.1) is 5.02 Å². The van der Waals surface area contributed by atoms with Crippen LogP contribution in [0.25, 0.3) is 0 Å². The van der Waals surface area contributed by atoms with Crippen LogP contribution >= 0.6 is 27.5 Å². The third kappa shape index (κ3) is 2.32. The van der Waals surface area contributed by atoms with E-state index in [-0.39, 0.29) is 16.5 Å². The van der Waals surface area contributed by atoms with Crippen LogP contribution in [0.15, 0.2) is 18.2 Å². The van der Waals surface area contributed by atoms with Crippen LogP contribution in [0.1, 0.15) is 26.7 Å². The molecule has 1 aliphatic carbocycles. The van der Waals surface area contributed by atoms with Gasteiger partial charge in [-0.25, -0.2) is 4.39 Å². The van der Waals surface area contributed by atoms with Crippen molar-refractivity contribution >= 4 is 27.5 Å². The van der Waals surface area contributed by atoms with Gasteiger partial charge in [0.25, 0.3) is 0 Å². The lowest BCUT2D eigenvalue weighted by Gasteiger charge is -2.50. The Bertz CT molecular complexity index is 426. The predicted molar refractivity (Wildman–Crippen MR) is 71.6 cm³/mol. The quantitative estimate of drug-likeness (QED) is 0.726. The first-order valence-electron chi connectivity index (χ1n) is 5.73. The van der Waals surface area contributed by atoms with Crippen LogP contribution in [0.3, 0.4) is 0 Å². The molecule has 0 N–H and O–H groups in total. The maximum absolute atomic E-state index is 13.3. The molecule has 4 heteroatoms. The maximum atomic E-state index is 13.3. The molecule has 1 nitrogen and oxygen atoms in total. The zero-order chi connectivity index (χ0) is 12.6. The summed E-state index contributed by atoms with van der Waals surface area (Å²) in [5, 5.41) is 0.127. The van der Waals surface area contributed by atoms with E-state index in [4.69, 9.17) is 16.3 Å². The molecule has 3 unspecified atom stereocenters. The van der Waals surface area contributed by atoms with Crippen molar-refractivity contribution in [2.75, 3.05) is 0 Å². The first kappa shape index (κ1) is 13.2. The van der Waals surface area contributed by atoms with Crippen LogP contribution in [-0.4, -0.2) is 10.9 Å². The van der Waals surface area contributed by atoms with Crippen LogP contribution < -0.4 is 4.74 Å². The molecule has 1 saturated carbocycles. The average Bonchev–Trinajstić information content (AvgIpc) is 2.32. The van der Waals surface area contributed by atoms with Crippen LogP contribution in [0.4, 0.5) is 4.39 Å². The summed E-state index contributed by atoms with van der Waals surface area (Å²) in [6, 6.07) is 4.59. The smallest absolute Gasteiger partial charge is 0.145 e. The van der Waals surface area contributed by atoms with Gasteiger partial charge in [-0.2, -0.15) is 0 Å². The molecule has 2 rings (SSSR count). The molecule has 1 aromatic carbocycles. The Hall–Kier alpha value is -0.280. The number of halogens is 3. The fourth-order valence-corrected chi connectivity index (χ4v) is 3.19. The van der Waals surface area contributed by atoms with Crippen molar-refractivity contribution in [1.29, 1.82) is 0 Å². The predicted octanol–water partition coefficient (Wildman–Crippen LogP) is 4.81. The number of hydrogen-bond acceptors (Lipinski definition) is 1. The number of alkyl halides is 1. The molecule has 0 radical (unpaired) electrons. The van der Waals surface area contributed by atoms with Gasteiger partial charge in [0.1, 0.15) is 17.7 Å². The standard InChI is InChI=1S/C13H15BrClFO/c1-3-13(2)11(14)7-12(13)17-8-4-5-9(15)10(16)6-8/h4-6,11-12H,3,7H2,1-2H3. The van der Waals surface area contributed by atoms with E-state index in [2.05, 4.69) is 29.8 Å². The summed E-state index contributed by atoms with van der Waals surface area (Å²) in [7, 11) is 0. The molecular formula is C13H15BrClFO. The Balaban J connectivity index is 2.09. The Morgan fingerprint density at radius 2 is 2.29 bits per heavy atom. The zero-order valence-corrected chi connectivity index (χ0v) is 12.2. The normalized spacial score (nSPS) is 32.1. The summed E-state index contributed by atoms with van der Waals surface area (Å²) in [6.45, 7) is 4.33. The number of rotatable bonds is 3. The number of hydrogen-bond donors (Lipinski definition) is 0. The molecule has 1 aromatic rings. The maximum Gasteiger partial charge on any atom is 0.145 e. The van der Waals surface area contributed by atoms with Gasteiger partial charge in [0.2, 0.25) is 0 Å². The van der Waals surface area contributed by atoms with Crippen molar-refractivity contribution in [3.8, 4) is 5.75 Å². The molecule has 0 amide bonds. The fraction of sp³-hybridized carbons (Fsp3) is 0.538. The van der Waals surface area contributed by atoms with E-state index in [9.17, 15) is 4.39 Å². The Kier molecular flexibility index (Phi) is 3.69. The van der Waals surface area contributed by atoms with Gasteiger partial charge in [-0.15, -0.1) is 0 Å². The lowest BCUT2D eigenvalue weighted by molar-refractivity contribution is -0.0244. The van der Waals surface area contributed by atoms with Crippen molar-refractivity contribution in [2.24, 2.45) is 5.41 Å². The molecule has 1 aliphatic rings. The van der Waals surface area contributed by atoms with Crippen LogP contribution in [0.5, 0.6) is 5.75 Å². The Labute approximate surface area is 114 Å². The van der Waals surface area contributed by atoms with E-state index in [0.29, 0.717) is 10.6 Å². The summed E-state index contributed by atoms with van der Waals surface area (Å²) in [6.07, 6.45) is 2.12.